The van der Waals surface area contributed by atoms with Crippen molar-refractivity contribution in [3.8, 4) is 23.0 Å². The van der Waals surface area contributed by atoms with Crippen LogP contribution in [0.1, 0.15) is 104 Å². The van der Waals surface area contributed by atoms with E-state index in [0.29, 0.717) is 76.4 Å². The van der Waals surface area contributed by atoms with E-state index in [1.54, 1.807) is 49.4 Å². The van der Waals surface area contributed by atoms with Crippen molar-refractivity contribution >= 4 is 28.9 Å². The van der Waals surface area contributed by atoms with Crippen LogP contribution in [0.25, 0.3) is 11.0 Å². The predicted molar refractivity (Wildman–Crippen MR) is 244 cm³/mol. The van der Waals surface area contributed by atoms with E-state index in [9.17, 15) is 24.6 Å². The quantitative estimate of drug-likeness (QED) is 0.0747. The molecule has 0 saturated heterocycles. The van der Waals surface area contributed by atoms with E-state index in [1.807, 2.05) is 86.6 Å². The maximum atomic E-state index is 14.2. The molecular weight excluding hydrogens is 825 g/mol. The number of hydrogen-bond acceptors (Lipinski definition) is 11. The first-order valence-electron chi connectivity index (χ1n) is 21.8. The van der Waals surface area contributed by atoms with Crippen molar-refractivity contribution in [1.29, 1.82) is 0 Å². The number of amides is 1. The van der Waals surface area contributed by atoms with Gasteiger partial charge in [0, 0.05) is 31.2 Å². The zero-order valence-corrected chi connectivity index (χ0v) is 36.5. The molecule has 8 rings (SSSR count). The average molecular weight is 875 g/mol. The van der Waals surface area contributed by atoms with E-state index in [1.165, 1.54) is 0 Å². The minimum absolute atomic E-state index is 0.0104. The highest BCUT2D eigenvalue weighted by Gasteiger charge is 2.26. The molecule has 0 spiro atoms. The fourth-order valence-corrected chi connectivity index (χ4v) is 8.06. The maximum absolute atomic E-state index is 14.2. The molecular formula is C52H50N4O9. The first-order valence-corrected chi connectivity index (χ1v) is 21.8. The monoisotopic (exact) mass is 874 g/mol. The van der Waals surface area contributed by atoms with E-state index >= 15 is 0 Å². The normalized spacial score (nSPS) is 12.5. The Balaban J connectivity index is 1.22. The topological polar surface area (TPSA) is 171 Å². The smallest absolute Gasteiger partial charge is 0.408 e. The van der Waals surface area contributed by atoms with Crippen molar-refractivity contribution in [3.63, 3.8) is 0 Å². The molecule has 3 N–H and O–H groups in total. The van der Waals surface area contributed by atoms with Crippen LogP contribution in [0.3, 0.4) is 0 Å². The lowest BCUT2D eigenvalue weighted by Crippen LogP contribution is -2.38. The molecule has 8 bridgehead atoms. The van der Waals surface area contributed by atoms with Crippen molar-refractivity contribution in [2.45, 2.75) is 71.9 Å². The van der Waals surface area contributed by atoms with Gasteiger partial charge in [0.2, 0.25) is 0 Å². The van der Waals surface area contributed by atoms with Crippen molar-refractivity contribution in [1.82, 2.24) is 20.5 Å². The van der Waals surface area contributed by atoms with Crippen LogP contribution in [0.2, 0.25) is 0 Å². The van der Waals surface area contributed by atoms with Gasteiger partial charge in [-0.15, -0.1) is 5.10 Å². The fraction of sp³-hybridized carbons (Fsp3) is 0.250. The van der Waals surface area contributed by atoms with E-state index in [2.05, 4.69) is 15.6 Å². The Morgan fingerprint density at radius 1 is 0.646 bits per heavy atom. The third-order valence-electron chi connectivity index (χ3n) is 11.3. The highest BCUT2D eigenvalue weighted by atomic mass is 16.7. The third-order valence-corrected chi connectivity index (χ3v) is 11.3. The van der Waals surface area contributed by atoms with E-state index in [0.717, 1.165) is 32.7 Å². The Kier molecular flexibility index (Phi) is 13.4. The largest absolute Gasteiger partial charge is 0.507 e. The van der Waals surface area contributed by atoms with Crippen LogP contribution in [-0.2, 0) is 37.0 Å². The molecule has 0 fully saturated rings. The average Bonchev–Trinajstić information content (AvgIpc) is 3.72. The Morgan fingerprint density at radius 2 is 1.14 bits per heavy atom. The summed E-state index contributed by atoms with van der Waals surface area (Å²) in [4.78, 5) is 48.0. The Morgan fingerprint density at radius 3 is 1.66 bits per heavy atom. The number of aromatic nitrogens is 3. The van der Waals surface area contributed by atoms with Gasteiger partial charge in [-0.2, -0.15) is 0 Å². The second-order valence-corrected chi connectivity index (χ2v) is 16.1. The van der Waals surface area contributed by atoms with Crippen molar-refractivity contribution in [3.05, 3.63) is 176 Å². The summed E-state index contributed by atoms with van der Waals surface area (Å²) in [6.07, 6.45) is 1.35. The molecule has 1 aliphatic rings. The number of ether oxygens (including phenoxy) is 3. The number of alkyl carbamates (subject to hydrolysis) is 1. The number of nitrogens with one attached hydrogen (secondary N) is 1. The number of Topliss-reactive ketones (excluding diaryl/α,β-unsaturated/α-hetero) is 1. The minimum Gasteiger partial charge on any atom is -0.507 e. The van der Waals surface area contributed by atoms with Gasteiger partial charge in [-0.1, -0.05) is 97.6 Å². The highest BCUT2D eigenvalue weighted by Crippen LogP contribution is 2.39. The highest BCUT2D eigenvalue weighted by molar-refractivity contribution is 6.02. The fourth-order valence-electron chi connectivity index (χ4n) is 8.06. The predicted octanol–water partition coefficient (Wildman–Crippen LogP) is 8.86. The second-order valence-electron chi connectivity index (χ2n) is 16.1. The summed E-state index contributed by atoms with van der Waals surface area (Å²) in [5.41, 5.74) is 7.14. The zero-order valence-electron chi connectivity index (χ0n) is 36.5. The molecule has 332 valence electrons. The van der Waals surface area contributed by atoms with Gasteiger partial charge in [-0.3, -0.25) is 4.79 Å². The number of hydrogen-bond donors (Lipinski definition) is 3. The van der Waals surface area contributed by atoms with Gasteiger partial charge in [-0.05, 0) is 111 Å². The molecule has 0 aliphatic heterocycles. The number of phenols is 2. The standard InChI is InChI=1S/C52H50N4O9/c1-4-21-62-49-34-15-11-17-36(49)25-41-29-43(51(60)65-56-45-20-10-9-19-44(45)54-55-56)30-42(48(41)59)26-37-18-12-16-35(50(37)63-22-5-2)24-40-28-38(27-39(23-34)47(40)58)46(57)32(3)53-52(61)64-31-33-13-7-6-8-14-33/h6-20,27-30,32,58-59H,4-5,21-26,31H2,1-3H3,(H,53,61)/t32-/m0/s1. The molecule has 6 aromatic carbocycles. The molecule has 13 nitrogen and oxygen atoms in total. The lowest BCUT2D eigenvalue weighted by atomic mass is 9.89. The minimum atomic E-state index is -0.959. The number of carbonyl (C=O) groups is 3. The molecule has 1 amide bonds. The van der Waals surface area contributed by atoms with Gasteiger partial charge in [0.25, 0.3) is 0 Å². The van der Waals surface area contributed by atoms with Gasteiger partial charge in [0.05, 0.1) is 24.8 Å². The molecule has 65 heavy (non-hydrogen) atoms. The Bertz CT molecular complexity index is 2770. The Hall–Kier alpha value is -7.67. The summed E-state index contributed by atoms with van der Waals surface area (Å²) in [5, 5.41) is 35.1. The molecule has 1 heterocycles. The van der Waals surface area contributed by atoms with Crippen LogP contribution in [0.4, 0.5) is 4.79 Å². The number of aromatic hydroxyl groups is 2. The lowest BCUT2D eigenvalue weighted by molar-refractivity contribution is 0.0408. The zero-order chi connectivity index (χ0) is 45.5. The van der Waals surface area contributed by atoms with Gasteiger partial charge in [0.15, 0.2) is 5.78 Å². The third kappa shape index (κ3) is 9.94. The lowest BCUT2D eigenvalue weighted by Gasteiger charge is -2.21. The SMILES string of the molecule is CCCOc1c2cccc1Cc1cc(C(=O)[C@H](C)NC(=O)OCc3ccccc3)cc(c1O)Cc1cccc(c1OCCC)Cc1cc(C(=O)On3nnc4ccccc43)cc(c1O)C2. The van der Waals surface area contributed by atoms with Crippen molar-refractivity contribution in [2.24, 2.45) is 0 Å². The maximum Gasteiger partial charge on any atom is 0.408 e. The number of rotatable bonds is 13. The summed E-state index contributed by atoms with van der Waals surface area (Å²) in [7, 11) is 0. The summed E-state index contributed by atoms with van der Waals surface area (Å²) >= 11 is 0. The molecule has 7 aromatic rings. The summed E-state index contributed by atoms with van der Waals surface area (Å²) in [5.74, 6) is 0.0689. The summed E-state index contributed by atoms with van der Waals surface area (Å²) in [6.45, 7) is 6.41. The van der Waals surface area contributed by atoms with Gasteiger partial charge in [0.1, 0.15) is 40.6 Å². The first-order chi connectivity index (χ1) is 31.6. The number of benzene rings is 6. The van der Waals surface area contributed by atoms with Gasteiger partial charge < -0.3 is 34.6 Å². The van der Waals surface area contributed by atoms with Gasteiger partial charge >= 0.3 is 12.1 Å². The Labute approximate surface area is 376 Å². The van der Waals surface area contributed by atoms with Crippen LogP contribution in [0.15, 0.2) is 115 Å². The number of ketones is 1. The molecule has 0 unspecified atom stereocenters. The summed E-state index contributed by atoms with van der Waals surface area (Å²) < 4.78 is 18.3. The van der Waals surface area contributed by atoms with Crippen LogP contribution in [0, 0.1) is 0 Å². The van der Waals surface area contributed by atoms with E-state index in [-0.39, 0.29) is 55.1 Å². The van der Waals surface area contributed by atoms with Crippen LogP contribution in [0.5, 0.6) is 23.0 Å². The molecule has 1 aliphatic carbocycles. The van der Waals surface area contributed by atoms with Crippen molar-refractivity contribution < 1.29 is 43.6 Å². The number of phenolic OH excluding ortho intramolecular Hbond substituents is 2. The number of para-hydroxylation sites is 3. The molecule has 1 aromatic heterocycles. The number of fused-ring (bicyclic) bond motifs is 9. The number of nitrogens with zero attached hydrogens (tertiary/aromatic N) is 3. The molecule has 1 atom stereocenters. The van der Waals surface area contributed by atoms with Gasteiger partial charge in [-0.25, -0.2) is 9.59 Å². The summed E-state index contributed by atoms with van der Waals surface area (Å²) in [6, 6.07) is 33.3. The second kappa shape index (κ2) is 19.8. The molecule has 13 heteroatoms. The number of carbonyl (C=O) groups excluding carboxylic acids is 3. The molecule has 0 radical (unpaired) electrons. The van der Waals surface area contributed by atoms with Crippen molar-refractivity contribution in [2.75, 3.05) is 13.2 Å². The van der Waals surface area contributed by atoms with E-state index < -0.39 is 18.1 Å². The van der Waals surface area contributed by atoms with Crippen LogP contribution in [-0.4, -0.2) is 62.5 Å². The van der Waals surface area contributed by atoms with Crippen LogP contribution >= 0.6 is 0 Å². The van der Waals surface area contributed by atoms with Crippen LogP contribution < -0.4 is 19.6 Å². The first kappa shape index (κ1) is 44.0. The molecule has 0 saturated carbocycles. The van der Waals surface area contributed by atoms with E-state index in [4.69, 9.17) is 19.0 Å².